The van der Waals surface area contributed by atoms with Gasteiger partial charge in [0.1, 0.15) is 10.4 Å². The van der Waals surface area contributed by atoms with Crippen LogP contribution < -0.4 is 5.32 Å². The quantitative estimate of drug-likeness (QED) is 0.791. The summed E-state index contributed by atoms with van der Waals surface area (Å²) in [4.78, 5) is 11.1. The number of thioether (sulfide) groups is 1. The summed E-state index contributed by atoms with van der Waals surface area (Å²) in [5.41, 5.74) is 2.13. The molecule has 16 heavy (non-hydrogen) atoms. The lowest BCUT2D eigenvalue weighted by Gasteiger charge is -2.14. The Bertz CT molecular complexity index is 447. The zero-order chi connectivity index (χ0) is 11.7. The number of nitrogens with one attached hydrogen (secondary N) is 1. The predicted octanol–water partition coefficient (Wildman–Crippen LogP) is 2.11. The van der Waals surface area contributed by atoms with Gasteiger partial charge >= 0.3 is 5.97 Å². The minimum Gasteiger partial charge on any atom is -0.480 e. The van der Waals surface area contributed by atoms with E-state index in [2.05, 4.69) is 5.32 Å². The van der Waals surface area contributed by atoms with Crippen molar-refractivity contribution in [3.8, 4) is 0 Å². The first-order valence-corrected chi connectivity index (χ1v) is 6.13. The van der Waals surface area contributed by atoms with Crippen LogP contribution in [-0.4, -0.2) is 21.4 Å². The molecule has 5 heteroatoms. The largest absolute Gasteiger partial charge is 0.480 e. The number of carboxylic acids is 1. The Morgan fingerprint density at radius 3 is 2.94 bits per heavy atom. The van der Waals surface area contributed by atoms with Crippen molar-refractivity contribution in [2.45, 2.75) is 18.2 Å². The molecule has 2 N–H and O–H groups in total. The number of thiocarbonyl (C=S) groups is 1. The molecule has 1 aliphatic rings. The topological polar surface area (TPSA) is 49.3 Å². The fraction of sp³-hybridized carbons (Fsp3) is 0.273. The molecule has 2 atom stereocenters. The van der Waals surface area contributed by atoms with Crippen LogP contribution >= 0.6 is 24.0 Å². The molecule has 84 valence electrons. The molecule has 1 aromatic carbocycles. The summed E-state index contributed by atoms with van der Waals surface area (Å²) in [6.07, 6.45) is 0. The van der Waals surface area contributed by atoms with Gasteiger partial charge in [-0.05, 0) is 12.5 Å². The highest BCUT2D eigenvalue weighted by Gasteiger charge is 2.37. The average Bonchev–Trinajstić information content (AvgIpc) is 2.60. The molecule has 2 unspecified atom stereocenters. The van der Waals surface area contributed by atoms with Gasteiger partial charge < -0.3 is 10.4 Å². The van der Waals surface area contributed by atoms with E-state index >= 15 is 0 Å². The van der Waals surface area contributed by atoms with E-state index in [-0.39, 0.29) is 5.25 Å². The highest BCUT2D eigenvalue weighted by atomic mass is 32.2. The molecule has 0 saturated carbocycles. The molecule has 0 spiro atoms. The van der Waals surface area contributed by atoms with Crippen LogP contribution in [0.25, 0.3) is 0 Å². The maximum atomic E-state index is 11.1. The summed E-state index contributed by atoms with van der Waals surface area (Å²) >= 11 is 6.42. The Morgan fingerprint density at radius 1 is 1.56 bits per heavy atom. The maximum Gasteiger partial charge on any atom is 0.327 e. The lowest BCUT2D eigenvalue weighted by atomic mass is 10.0. The van der Waals surface area contributed by atoms with E-state index < -0.39 is 12.0 Å². The number of aliphatic carboxylic acids is 1. The minimum absolute atomic E-state index is 0.134. The van der Waals surface area contributed by atoms with E-state index in [1.807, 2.05) is 31.2 Å². The Kier molecular flexibility index (Phi) is 3.16. The van der Waals surface area contributed by atoms with Gasteiger partial charge in [0.25, 0.3) is 0 Å². The van der Waals surface area contributed by atoms with E-state index in [9.17, 15) is 4.79 Å². The van der Waals surface area contributed by atoms with Gasteiger partial charge in [-0.15, -0.1) is 0 Å². The molecule has 0 radical (unpaired) electrons. The summed E-state index contributed by atoms with van der Waals surface area (Å²) < 4.78 is 0.555. The number of hydrogen-bond acceptors (Lipinski definition) is 3. The number of carbonyl (C=O) groups is 1. The second kappa shape index (κ2) is 4.43. The molecule has 0 aliphatic carbocycles. The van der Waals surface area contributed by atoms with Crippen molar-refractivity contribution in [1.82, 2.24) is 5.32 Å². The molecule has 0 amide bonds. The van der Waals surface area contributed by atoms with Gasteiger partial charge in [-0.1, -0.05) is 53.8 Å². The summed E-state index contributed by atoms with van der Waals surface area (Å²) in [6, 6.07) is 7.24. The summed E-state index contributed by atoms with van der Waals surface area (Å²) in [6.45, 7) is 1.99. The molecule has 2 rings (SSSR count). The molecule has 0 bridgehead atoms. The van der Waals surface area contributed by atoms with Gasteiger partial charge in [0.15, 0.2) is 0 Å². The lowest BCUT2D eigenvalue weighted by Crippen LogP contribution is -2.35. The first-order valence-electron chi connectivity index (χ1n) is 4.84. The highest BCUT2D eigenvalue weighted by molar-refractivity contribution is 8.23. The van der Waals surface area contributed by atoms with E-state index in [1.165, 1.54) is 11.8 Å². The minimum atomic E-state index is -0.862. The van der Waals surface area contributed by atoms with Crippen molar-refractivity contribution in [3.63, 3.8) is 0 Å². The van der Waals surface area contributed by atoms with E-state index in [0.29, 0.717) is 4.32 Å². The number of rotatable bonds is 2. The van der Waals surface area contributed by atoms with Crippen molar-refractivity contribution < 1.29 is 9.90 Å². The third-order valence-corrected chi connectivity index (χ3v) is 3.98. The number of aryl methyl sites for hydroxylation is 1. The van der Waals surface area contributed by atoms with E-state index in [4.69, 9.17) is 17.3 Å². The Morgan fingerprint density at radius 2 is 2.31 bits per heavy atom. The average molecular weight is 253 g/mol. The van der Waals surface area contributed by atoms with Gasteiger partial charge in [-0.2, -0.15) is 0 Å². The molecule has 1 fully saturated rings. The highest BCUT2D eigenvalue weighted by Crippen LogP contribution is 2.38. The van der Waals surface area contributed by atoms with Crippen LogP contribution in [0.2, 0.25) is 0 Å². The Hall–Kier alpha value is -1.07. The number of hydrogen-bond donors (Lipinski definition) is 2. The fourth-order valence-corrected chi connectivity index (χ4v) is 3.19. The smallest absolute Gasteiger partial charge is 0.327 e. The standard InChI is InChI=1S/C11H11NO2S2/c1-6-3-2-4-7(5-6)9-8(10(13)14)12-11(15)16-9/h2-5,8-9H,1H3,(H,12,15)(H,13,14). The summed E-state index contributed by atoms with van der Waals surface area (Å²) in [5.74, 6) is -0.862. The second-order valence-electron chi connectivity index (χ2n) is 3.70. The van der Waals surface area contributed by atoms with Gasteiger partial charge in [-0.25, -0.2) is 4.79 Å². The van der Waals surface area contributed by atoms with Crippen LogP contribution in [0.5, 0.6) is 0 Å². The second-order valence-corrected chi connectivity index (χ2v) is 5.52. The van der Waals surface area contributed by atoms with Crippen molar-refractivity contribution in [1.29, 1.82) is 0 Å². The van der Waals surface area contributed by atoms with Gasteiger partial charge in [-0.3, -0.25) is 0 Å². The SMILES string of the molecule is Cc1cccc(C2SC(=S)NC2C(=O)O)c1. The van der Waals surface area contributed by atoms with Crippen molar-refractivity contribution >= 4 is 34.3 Å². The molecular formula is C11H11NO2S2. The monoisotopic (exact) mass is 253 g/mol. The third-order valence-electron chi connectivity index (χ3n) is 2.45. The van der Waals surface area contributed by atoms with Crippen LogP contribution in [0.3, 0.4) is 0 Å². The third kappa shape index (κ3) is 2.20. The number of carboxylic acid groups (broad SMARTS) is 1. The Balaban J connectivity index is 2.32. The maximum absolute atomic E-state index is 11.1. The van der Waals surface area contributed by atoms with E-state index in [0.717, 1.165) is 11.1 Å². The molecule has 1 aromatic rings. The molecule has 1 heterocycles. The predicted molar refractivity (Wildman–Crippen MR) is 68.7 cm³/mol. The molecule has 3 nitrogen and oxygen atoms in total. The van der Waals surface area contributed by atoms with Crippen LogP contribution in [0, 0.1) is 6.92 Å². The zero-order valence-electron chi connectivity index (χ0n) is 8.64. The van der Waals surface area contributed by atoms with Crippen molar-refractivity contribution in [2.24, 2.45) is 0 Å². The van der Waals surface area contributed by atoms with Gasteiger partial charge in [0, 0.05) is 0 Å². The molecule has 1 aliphatic heterocycles. The van der Waals surface area contributed by atoms with Gasteiger partial charge in [0.2, 0.25) is 0 Å². The van der Waals surface area contributed by atoms with Crippen LogP contribution in [-0.2, 0) is 4.79 Å². The fourth-order valence-electron chi connectivity index (χ4n) is 1.72. The van der Waals surface area contributed by atoms with Crippen LogP contribution in [0.1, 0.15) is 16.4 Å². The number of benzene rings is 1. The van der Waals surface area contributed by atoms with E-state index in [1.54, 1.807) is 0 Å². The molecule has 0 aromatic heterocycles. The zero-order valence-corrected chi connectivity index (χ0v) is 10.3. The van der Waals surface area contributed by atoms with Crippen LogP contribution in [0.15, 0.2) is 24.3 Å². The molecular weight excluding hydrogens is 242 g/mol. The van der Waals surface area contributed by atoms with Crippen molar-refractivity contribution in [3.05, 3.63) is 35.4 Å². The Labute approximate surface area is 103 Å². The lowest BCUT2D eigenvalue weighted by molar-refractivity contribution is -0.138. The molecule has 1 saturated heterocycles. The van der Waals surface area contributed by atoms with Gasteiger partial charge in [0.05, 0.1) is 5.25 Å². The normalized spacial score (nSPS) is 24.2. The summed E-state index contributed by atoms with van der Waals surface area (Å²) in [7, 11) is 0. The first kappa shape index (κ1) is 11.4. The summed E-state index contributed by atoms with van der Waals surface area (Å²) in [5, 5.41) is 11.8. The first-order chi connectivity index (χ1) is 7.58. The van der Waals surface area contributed by atoms with Crippen LogP contribution in [0.4, 0.5) is 0 Å². The van der Waals surface area contributed by atoms with Crippen molar-refractivity contribution in [2.75, 3.05) is 0 Å².